The Morgan fingerprint density at radius 2 is 1.68 bits per heavy atom. The number of rotatable bonds is 4. The quantitative estimate of drug-likeness (QED) is 0.854. The first-order chi connectivity index (χ1) is 10.7. The zero-order chi connectivity index (χ0) is 15.4. The maximum atomic E-state index is 5.83. The van der Waals surface area contributed by atoms with Gasteiger partial charge in [0.2, 0.25) is 0 Å². The van der Waals surface area contributed by atoms with Crippen LogP contribution in [0, 0.1) is 5.92 Å². The monoisotopic (exact) mass is 303 g/mol. The van der Waals surface area contributed by atoms with Crippen LogP contribution in [0.5, 0.6) is 0 Å². The fraction of sp³-hybridized carbons (Fsp3) is 0.722. The fourth-order valence-corrected chi connectivity index (χ4v) is 3.87. The Bertz CT molecular complexity index is 435. The van der Waals surface area contributed by atoms with Crippen molar-refractivity contribution in [3.05, 3.63) is 30.1 Å². The van der Waals surface area contributed by atoms with Crippen molar-refractivity contribution in [1.82, 2.24) is 14.8 Å². The van der Waals surface area contributed by atoms with Crippen LogP contribution in [0.25, 0.3) is 0 Å². The lowest BCUT2D eigenvalue weighted by molar-refractivity contribution is -0.0732. The van der Waals surface area contributed by atoms with Crippen molar-refractivity contribution in [2.45, 2.75) is 45.4 Å². The lowest BCUT2D eigenvalue weighted by atomic mass is 9.95. The normalized spacial score (nSPS) is 28.8. The molecule has 2 atom stereocenters. The van der Waals surface area contributed by atoms with Crippen LogP contribution < -0.4 is 0 Å². The first-order valence-electron chi connectivity index (χ1n) is 8.68. The summed E-state index contributed by atoms with van der Waals surface area (Å²) in [4.78, 5) is 9.29. The second-order valence-corrected chi connectivity index (χ2v) is 7.05. The first-order valence-corrected chi connectivity index (χ1v) is 8.68. The van der Waals surface area contributed by atoms with E-state index in [4.69, 9.17) is 4.74 Å². The van der Waals surface area contributed by atoms with Crippen LogP contribution in [0.1, 0.15) is 32.3 Å². The predicted octanol–water partition coefficient (Wildman–Crippen LogP) is 2.40. The molecule has 1 aromatic rings. The summed E-state index contributed by atoms with van der Waals surface area (Å²) in [6, 6.07) is 4.26. The average molecular weight is 303 g/mol. The van der Waals surface area contributed by atoms with Gasteiger partial charge in [-0.2, -0.15) is 0 Å². The van der Waals surface area contributed by atoms with E-state index in [9.17, 15) is 0 Å². The van der Waals surface area contributed by atoms with Gasteiger partial charge in [0.05, 0.1) is 12.2 Å². The van der Waals surface area contributed by atoms with Crippen molar-refractivity contribution in [2.75, 3.05) is 32.7 Å². The average Bonchev–Trinajstić information content (AvgIpc) is 2.49. The van der Waals surface area contributed by atoms with Crippen molar-refractivity contribution in [2.24, 2.45) is 5.92 Å². The Hall–Kier alpha value is -0.970. The third kappa shape index (κ3) is 4.51. The van der Waals surface area contributed by atoms with Gasteiger partial charge in [-0.25, -0.2) is 0 Å². The Balaban J connectivity index is 1.42. The highest BCUT2D eigenvalue weighted by Gasteiger charge is 2.26. The molecule has 2 aliphatic rings. The number of hydrogen-bond donors (Lipinski definition) is 0. The molecule has 0 amide bonds. The molecule has 0 spiro atoms. The summed E-state index contributed by atoms with van der Waals surface area (Å²) < 4.78 is 5.83. The van der Waals surface area contributed by atoms with Crippen molar-refractivity contribution in [1.29, 1.82) is 0 Å². The number of likely N-dealkylation sites (tertiary alicyclic amines) is 1. The standard InChI is InChI=1S/C18H29N3O/c1-15-11-21(12-16(2)22-15)14-18-5-9-20(10-6-18)13-17-3-7-19-8-4-17/h3-4,7-8,15-16,18H,5-6,9-14H2,1-2H3. The fourth-order valence-electron chi connectivity index (χ4n) is 3.87. The number of nitrogens with zero attached hydrogens (tertiary/aromatic N) is 3. The summed E-state index contributed by atoms with van der Waals surface area (Å²) in [6.45, 7) is 11.4. The minimum absolute atomic E-state index is 0.385. The summed E-state index contributed by atoms with van der Waals surface area (Å²) in [7, 11) is 0. The van der Waals surface area contributed by atoms with Gasteiger partial charge in [-0.05, 0) is 63.4 Å². The van der Waals surface area contributed by atoms with E-state index in [1.165, 1.54) is 38.0 Å². The van der Waals surface area contributed by atoms with Gasteiger partial charge in [-0.15, -0.1) is 0 Å². The van der Waals surface area contributed by atoms with Crippen molar-refractivity contribution < 1.29 is 4.74 Å². The van der Waals surface area contributed by atoms with Crippen LogP contribution in [-0.4, -0.2) is 59.7 Å². The molecule has 2 unspecified atom stereocenters. The lowest BCUT2D eigenvalue weighted by Crippen LogP contribution is -2.48. The van der Waals surface area contributed by atoms with Crippen LogP contribution in [0.15, 0.2) is 24.5 Å². The molecule has 0 saturated carbocycles. The van der Waals surface area contributed by atoms with Crippen molar-refractivity contribution in [3.8, 4) is 0 Å². The van der Waals surface area contributed by atoms with E-state index in [1.807, 2.05) is 12.4 Å². The number of ether oxygens (including phenoxy) is 1. The Morgan fingerprint density at radius 1 is 1.05 bits per heavy atom. The van der Waals surface area contributed by atoms with Crippen LogP contribution in [0.3, 0.4) is 0 Å². The zero-order valence-electron chi connectivity index (χ0n) is 13.9. The number of aromatic nitrogens is 1. The molecule has 2 aliphatic heterocycles. The molecular formula is C18H29N3O. The molecule has 1 aromatic heterocycles. The molecule has 0 aliphatic carbocycles. The number of piperidine rings is 1. The molecule has 0 bridgehead atoms. The van der Waals surface area contributed by atoms with Crippen molar-refractivity contribution >= 4 is 0 Å². The van der Waals surface area contributed by atoms with E-state index in [0.29, 0.717) is 12.2 Å². The molecule has 3 rings (SSSR count). The number of hydrogen-bond acceptors (Lipinski definition) is 4. The Labute approximate surface area is 134 Å². The van der Waals surface area contributed by atoms with Crippen molar-refractivity contribution in [3.63, 3.8) is 0 Å². The van der Waals surface area contributed by atoms with Gasteiger partial charge in [-0.3, -0.25) is 14.8 Å². The van der Waals surface area contributed by atoms with Gasteiger partial charge in [0.15, 0.2) is 0 Å². The third-order valence-electron chi connectivity index (χ3n) is 4.87. The van der Waals surface area contributed by atoms with Gasteiger partial charge >= 0.3 is 0 Å². The summed E-state index contributed by atoms with van der Waals surface area (Å²) in [6.07, 6.45) is 7.20. The van der Waals surface area contributed by atoms with E-state index >= 15 is 0 Å². The maximum absolute atomic E-state index is 5.83. The highest BCUT2D eigenvalue weighted by molar-refractivity contribution is 5.09. The maximum Gasteiger partial charge on any atom is 0.0678 e. The minimum Gasteiger partial charge on any atom is -0.373 e. The van der Waals surface area contributed by atoms with Gasteiger partial charge in [0, 0.05) is 38.6 Å². The van der Waals surface area contributed by atoms with E-state index in [-0.39, 0.29) is 0 Å². The smallest absolute Gasteiger partial charge is 0.0678 e. The second kappa shape index (κ2) is 7.53. The summed E-state index contributed by atoms with van der Waals surface area (Å²) in [5.41, 5.74) is 1.38. The second-order valence-electron chi connectivity index (χ2n) is 7.05. The predicted molar refractivity (Wildman–Crippen MR) is 88.7 cm³/mol. The molecule has 4 heteroatoms. The molecule has 2 saturated heterocycles. The zero-order valence-corrected chi connectivity index (χ0v) is 13.9. The first kappa shape index (κ1) is 15.9. The minimum atomic E-state index is 0.385. The lowest BCUT2D eigenvalue weighted by Gasteiger charge is -2.39. The molecule has 22 heavy (non-hydrogen) atoms. The SMILES string of the molecule is CC1CN(CC2CCN(Cc3ccncc3)CC2)CC(C)O1. The highest BCUT2D eigenvalue weighted by Crippen LogP contribution is 2.21. The molecule has 4 nitrogen and oxygen atoms in total. The van der Waals surface area contributed by atoms with Gasteiger partial charge in [0.1, 0.15) is 0 Å². The molecule has 3 heterocycles. The Kier molecular flexibility index (Phi) is 5.45. The van der Waals surface area contributed by atoms with E-state index < -0.39 is 0 Å². The molecular weight excluding hydrogens is 274 g/mol. The van der Waals surface area contributed by atoms with Crippen LogP contribution in [0.2, 0.25) is 0 Å². The summed E-state index contributed by atoms with van der Waals surface area (Å²) in [5, 5.41) is 0. The molecule has 0 radical (unpaired) electrons. The van der Waals surface area contributed by atoms with E-state index in [1.54, 1.807) is 0 Å². The number of pyridine rings is 1. The van der Waals surface area contributed by atoms with Crippen LogP contribution >= 0.6 is 0 Å². The summed E-state index contributed by atoms with van der Waals surface area (Å²) in [5.74, 6) is 0.853. The van der Waals surface area contributed by atoms with Crippen LogP contribution in [0.4, 0.5) is 0 Å². The van der Waals surface area contributed by atoms with Crippen LogP contribution in [-0.2, 0) is 11.3 Å². The third-order valence-corrected chi connectivity index (χ3v) is 4.87. The molecule has 0 N–H and O–H groups in total. The van der Waals surface area contributed by atoms with Gasteiger partial charge in [-0.1, -0.05) is 0 Å². The van der Waals surface area contributed by atoms with E-state index in [0.717, 1.165) is 25.6 Å². The Morgan fingerprint density at radius 3 is 2.32 bits per heavy atom. The van der Waals surface area contributed by atoms with Gasteiger partial charge in [0.25, 0.3) is 0 Å². The topological polar surface area (TPSA) is 28.6 Å². The molecule has 2 fully saturated rings. The largest absolute Gasteiger partial charge is 0.373 e. The van der Waals surface area contributed by atoms with Gasteiger partial charge < -0.3 is 4.74 Å². The van der Waals surface area contributed by atoms with E-state index in [2.05, 4.69) is 40.8 Å². The summed E-state index contributed by atoms with van der Waals surface area (Å²) >= 11 is 0. The molecule has 122 valence electrons. The molecule has 0 aromatic carbocycles. The number of morpholine rings is 1. The highest BCUT2D eigenvalue weighted by atomic mass is 16.5.